The second kappa shape index (κ2) is 5.63. The number of hydrogen-bond donors (Lipinski definition) is 0. The highest BCUT2D eigenvalue weighted by Gasteiger charge is 2.15. The number of methoxy groups -OCH3 is 1. The molecule has 0 fully saturated rings. The summed E-state index contributed by atoms with van der Waals surface area (Å²) in [7, 11) is 1.47. The summed E-state index contributed by atoms with van der Waals surface area (Å²) >= 11 is 12.1. The largest absolute Gasteiger partial charge is 0.493 e. The van der Waals surface area contributed by atoms with E-state index in [1.54, 1.807) is 0 Å². The van der Waals surface area contributed by atoms with Crippen LogP contribution in [0.1, 0.15) is 6.92 Å². The molecule has 0 unspecified atom stereocenters. The zero-order valence-electron chi connectivity index (χ0n) is 10.5. The molecule has 2 aromatic rings. The van der Waals surface area contributed by atoms with Crippen LogP contribution in [0, 0.1) is 0 Å². The first-order valence-corrected chi connectivity index (χ1v) is 6.38. The molecule has 0 aliphatic heterocycles. The van der Waals surface area contributed by atoms with Crippen LogP contribution in [-0.4, -0.2) is 16.7 Å². The van der Waals surface area contributed by atoms with E-state index < -0.39 is 0 Å². The highest BCUT2D eigenvalue weighted by molar-refractivity contribution is 6.39. The van der Waals surface area contributed by atoms with Crippen LogP contribution in [0.3, 0.4) is 0 Å². The predicted molar refractivity (Wildman–Crippen MR) is 77.4 cm³/mol. The average molecular weight is 299 g/mol. The summed E-state index contributed by atoms with van der Waals surface area (Å²) in [5.41, 5.74) is 0.157. The van der Waals surface area contributed by atoms with Crippen molar-refractivity contribution in [1.29, 1.82) is 0 Å². The maximum absolute atomic E-state index is 12.3. The number of ether oxygens (including phenoxy) is 1. The molecule has 0 bridgehead atoms. The Hall–Kier alpha value is -1.52. The van der Waals surface area contributed by atoms with Gasteiger partial charge in [-0.1, -0.05) is 35.4 Å². The molecular weight excluding hydrogens is 287 g/mol. The minimum atomic E-state index is -0.219. The average Bonchev–Trinajstić information content (AvgIpc) is 2.37. The second-order valence-electron chi connectivity index (χ2n) is 3.87. The van der Waals surface area contributed by atoms with E-state index in [0.717, 1.165) is 0 Å². The Morgan fingerprint density at radius 1 is 1.42 bits per heavy atom. The number of hydrogen-bond acceptors (Lipinski definition) is 3. The van der Waals surface area contributed by atoms with Crippen molar-refractivity contribution in [2.75, 3.05) is 7.11 Å². The normalized spacial score (nSPS) is 11.4. The van der Waals surface area contributed by atoms with Gasteiger partial charge >= 0.3 is 0 Å². The molecule has 0 aliphatic rings. The number of halogens is 2. The second-order valence-corrected chi connectivity index (χ2v) is 4.68. The minimum absolute atomic E-state index is 0.219. The van der Waals surface area contributed by atoms with Crippen LogP contribution < -0.4 is 10.3 Å². The maximum atomic E-state index is 12.3. The topological polar surface area (TPSA) is 44.1 Å². The van der Waals surface area contributed by atoms with Gasteiger partial charge in [0.25, 0.3) is 5.56 Å². The molecular formula is C13H12Cl2N2O2. The van der Waals surface area contributed by atoms with Crippen molar-refractivity contribution in [3.63, 3.8) is 0 Å². The van der Waals surface area contributed by atoms with Crippen LogP contribution in [0.2, 0.25) is 10.0 Å². The molecule has 4 nitrogen and oxygen atoms in total. The summed E-state index contributed by atoms with van der Waals surface area (Å²) in [6.45, 7) is 2.33. The number of benzene rings is 1. The Kier molecular flexibility index (Phi) is 4.12. The summed E-state index contributed by atoms with van der Waals surface area (Å²) in [5.74, 6) is 0.358. The molecule has 0 spiro atoms. The van der Waals surface area contributed by atoms with E-state index in [4.69, 9.17) is 27.9 Å². The molecule has 0 amide bonds. The van der Waals surface area contributed by atoms with E-state index in [1.807, 2.05) is 19.1 Å². The molecule has 1 heterocycles. The van der Waals surface area contributed by atoms with E-state index in [9.17, 15) is 4.79 Å². The fourth-order valence-electron chi connectivity index (χ4n) is 1.78. The Balaban J connectivity index is 2.80. The van der Waals surface area contributed by atoms with Gasteiger partial charge < -0.3 is 4.74 Å². The Labute approximate surface area is 120 Å². The molecule has 0 atom stereocenters. The summed E-state index contributed by atoms with van der Waals surface area (Å²) < 4.78 is 6.65. The van der Waals surface area contributed by atoms with Crippen LogP contribution in [0.4, 0.5) is 0 Å². The van der Waals surface area contributed by atoms with E-state index in [-0.39, 0.29) is 10.6 Å². The highest BCUT2D eigenvalue weighted by Crippen LogP contribution is 2.35. The third kappa shape index (κ3) is 2.46. The zero-order valence-corrected chi connectivity index (χ0v) is 12.0. The molecule has 2 rings (SSSR count). The lowest BCUT2D eigenvalue weighted by Gasteiger charge is -2.10. The summed E-state index contributed by atoms with van der Waals surface area (Å²) in [6, 6.07) is 1.49. The van der Waals surface area contributed by atoms with Crippen molar-refractivity contribution in [3.8, 4) is 5.75 Å². The monoisotopic (exact) mass is 298 g/mol. The highest BCUT2D eigenvalue weighted by atomic mass is 35.5. The maximum Gasteiger partial charge on any atom is 0.263 e. The first-order chi connectivity index (χ1) is 9.10. The van der Waals surface area contributed by atoms with Crippen molar-refractivity contribution in [2.24, 2.45) is 0 Å². The van der Waals surface area contributed by atoms with Crippen molar-refractivity contribution < 1.29 is 4.74 Å². The Morgan fingerprint density at radius 2 is 2.16 bits per heavy atom. The Bertz CT molecular complexity index is 708. The molecule has 0 aliphatic carbocycles. The molecule has 6 heteroatoms. The van der Waals surface area contributed by atoms with E-state index >= 15 is 0 Å². The fourth-order valence-corrected chi connectivity index (χ4v) is 2.39. The molecule has 0 saturated heterocycles. The van der Waals surface area contributed by atoms with Gasteiger partial charge in [-0.3, -0.25) is 9.36 Å². The van der Waals surface area contributed by atoms with Gasteiger partial charge in [0.1, 0.15) is 5.52 Å². The first kappa shape index (κ1) is 13.9. The van der Waals surface area contributed by atoms with Crippen LogP contribution >= 0.6 is 23.2 Å². The van der Waals surface area contributed by atoms with Crippen molar-refractivity contribution in [1.82, 2.24) is 9.55 Å². The van der Waals surface area contributed by atoms with Gasteiger partial charge in [0.15, 0.2) is 5.75 Å². The molecule has 1 aromatic carbocycles. The number of nitrogens with zero attached hydrogens (tertiary/aromatic N) is 2. The lowest BCUT2D eigenvalue weighted by Crippen LogP contribution is -2.20. The third-order valence-corrected chi connectivity index (χ3v) is 3.28. The zero-order chi connectivity index (χ0) is 14.0. The molecule has 19 heavy (non-hydrogen) atoms. The summed E-state index contributed by atoms with van der Waals surface area (Å²) in [4.78, 5) is 16.6. The van der Waals surface area contributed by atoms with Crippen LogP contribution in [0.25, 0.3) is 10.9 Å². The molecule has 0 radical (unpaired) electrons. The fraction of sp³-hybridized carbons (Fsp3) is 0.231. The SMILES string of the molecule is CC=CCn1cnc2c(OC)c(Cl)cc(Cl)c2c1=O. The number of rotatable bonds is 3. The van der Waals surface area contributed by atoms with Gasteiger partial charge in [-0.15, -0.1) is 0 Å². The Morgan fingerprint density at radius 3 is 2.79 bits per heavy atom. The van der Waals surface area contributed by atoms with Gasteiger partial charge in [0, 0.05) is 6.54 Å². The third-order valence-electron chi connectivity index (χ3n) is 2.70. The summed E-state index contributed by atoms with van der Waals surface area (Å²) in [6.07, 6.45) is 5.18. The van der Waals surface area contributed by atoms with Crippen molar-refractivity contribution in [3.05, 3.63) is 44.9 Å². The van der Waals surface area contributed by atoms with Gasteiger partial charge in [-0.25, -0.2) is 4.98 Å². The van der Waals surface area contributed by atoms with Gasteiger partial charge in [0.05, 0.1) is 28.9 Å². The molecule has 100 valence electrons. The van der Waals surface area contributed by atoms with E-state index in [0.29, 0.717) is 28.2 Å². The smallest absolute Gasteiger partial charge is 0.263 e. The summed E-state index contributed by atoms with van der Waals surface area (Å²) in [5, 5.41) is 0.918. The van der Waals surface area contributed by atoms with E-state index in [2.05, 4.69) is 4.98 Å². The molecule has 0 N–H and O–H groups in total. The first-order valence-electron chi connectivity index (χ1n) is 5.62. The number of aromatic nitrogens is 2. The van der Waals surface area contributed by atoms with Crippen LogP contribution in [0.15, 0.2) is 29.3 Å². The van der Waals surface area contributed by atoms with Gasteiger partial charge in [0.2, 0.25) is 0 Å². The number of allylic oxidation sites excluding steroid dienone is 2. The lowest BCUT2D eigenvalue weighted by molar-refractivity contribution is 0.419. The van der Waals surface area contributed by atoms with E-state index in [1.165, 1.54) is 24.1 Å². The minimum Gasteiger partial charge on any atom is -0.493 e. The standard InChI is InChI=1S/C13H12Cl2N2O2/c1-3-4-5-17-7-16-11-10(13(17)18)8(14)6-9(15)12(11)19-2/h3-4,6-7H,5H2,1-2H3. The van der Waals surface area contributed by atoms with Gasteiger partial charge in [-0.2, -0.15) is 0 Å². The lowest BCUT2D eigenvalue weighted by atomic mass is 10.2. The van der Waals surface area contributed by atoms with Crippen molar-refractivity contribution >= 4 is 34.1 Å². The predicted octanol–water partition coefficient (Wildman–Crippen LogP) is 3.29. The quantitative estimate of drug-likeness (QED) is 0.817. The molecule has 0 saturated carbocycles. The van der Waals surface area contributed by atoms with Crippen molar-refractivity contribution in [2.45, 2.75) is 13.5 Å². The van der Waals surface area contributed by atoms with Crippen LogP contribution in [0.5, 0.6) is 5.75 Å². The van der Waals surface area contributed by atoms with Crippen LogP contribution in [-0.2, 0) is 6.54 Å². The number of fused-ring (bicyclic) bond motifs is 1. The van der Waals surface area contributed by atoms with Gasteiger partial charge in [-0.05, 0) is 13.0 Å². The molecule has 1 aromatic heterocycles.